The lowest BCUT2D eigenvalue weighted by Crippen LogP contribution is -2.41. The lowest BCUT2D eigenvalue weighted by molar-refractivity contribution is 0.204. The molecule has 1 aliphatic rings. The van der Waals surface area contributed by atoms with Crippen molar-refractivity contribution in [3.8, 4) is 0 Å². The van der Waals surface area contributed by atoms with Gasteiger partial charge in [-0.05, 0) is 12.8 Å². The summed E-state index contributed by atoms with van der Waals surface area (Å²) in [4.78, 5) is 12.4. The molecule has 0 saturated heterocycles. The van der Waals surface area contributed by atoms with Crippen molar-refractivity contribution < 1.29 is 4.79 Å². The molecule has 1 heterocycles. The molecule has 1 atom stereocenters. The van der Waals surface area contributed by atoms with Crippen molar-refractivity contribution in [3.63, 3.8) is 0 Å². The first-order valence-electron chi connectivity index (χ1n) is 3.81. The van der Waals surface area contributed by atoms with E-state index in [1.165, 1.54) is 5.57 Å². The fourth-order valence-corrected chi connectivity index (χ4v) is 1.47. The minimum absolute atomic E-state index is 0.315. The van der Waals surface area contributed by atoms with Gasteiger partial charge in [-0.3, -0.25) is 0 Å². The number of carbonyl (C=O) groups excluding carboxylic acids is 1. The Labute approximate surface area is 66.9 Å². The second kappa shape index (κ2) is 2.95. The third-order valence-corrected chi connectivity index (χ3v) is 1.83. The Bertz CT molecular complexity index is 198. The van der Waals surface area contributed by atoms with Crippen molar-refractivity contribution in [2.45, 2.75) is 13.8 Å². The van der Waals surface area contributed by atoms with Crippen LogP contribution in [-0.2, 0) is 0 Å². The molecule has 0 saturated carbocycles. The van der Waals surface area contributed by atoms with Gasteiger partial charge in [0.2, 0.25) is 0 Å². The van der Waals surface area contributed by atoms with Crippen LogP contribution < -0.4 is 5.73 Å². The van der Waals surface area contributed by atoms with Crippen LogP contribution in [0.4, 0.5) is 4.79 Å². The molecule has 1 aliphatic heterocycles. The average molecular weight is 154 g/mol. The second-order valence-electron chi connectivity index (χ2n) is 3.21. The minimum atomic E-state index is -0.315. The van der Waals surface area contributed by atoms with Crippen LogP contribution in [0.2, 0.25) is 0 Å². The summed E-state index contributed by atoms with van der Waals surface area (Å²) in [6, 6.07) is -0.315. The quantitative estimate of drug-likeness (QED) is 0.519. The summed E-state index contributed by atoms with van der Waals surface area (Å²) in [6.07, 6.45) is 2.18. The number of nitrogens with zero attached hydrogens (tertiary/aromatic N) is 1. The van der Waals surface area contributed by atoms with E-state index in [0.29, 0.717) is 12.5 Å². The van der Waals surface area contributed by atoms with Gasteiger partial charge in [-0.2, -0.15) is 0 Å². The predicted molar refractivity (Wildman–Crippen MR) is 44.1 cm³/mol. The highest BCUT2D eigenvalue weighted by Gasteiger charge is 2.17. The van der Waals surface area contributed by atoms with E-state index >= 15 is 0 Å². The maximum absolute atomic E-state index is 10.8. The molecule has 0 radical (unpaired) electrons. The Kier molecular flexibility index (Phi) is 2.17. The van der Waals surface area contributed by atoms with Crippen LogP contribution in [-0.4, -0.2) is 24.0 Å². The van der Waals surface area contributed by atoms with Crippen molar-refractivity contribution in [3.05, 3.63) is 11.6 Å². The van der Waals surface area contributed by atoms with Gasteiger partial charge in [-0.15, -0.1) is 0 Å². The van der Waals surface area contributed by atoms with Crippen LogP contribution in [0, 0.1) is 5.92 Å². The molecule has 1 rings (SSSR count). The van der Waals surface area contributed by atoms with Gasteiger partial charge in [0.05, 0.1) is 0 Å². The van der Waals surface area contributed by atoms with Gasteiger partial charge in [-0.25, -0.2) is 4.79 Å². The van der Waals surface area contributed by atoms with Crippen molar-refractivity contribution in [2.24, 2.45) is 11.7 Å². The number of rotatable bonds is 0. The van der Waals surface area contributed by atoms with Crippen molar-refractivity contribution >= 4 is 6.03 Å². The topological polar surface area (TPSA) is 46.3 Å². The predicted octanol–water partition coefficient (Wildman–Crippen LogP) is 0.963. The maximum atomic E-state index is 10.8. The third kappa shape index (κ3) is 1.97. The molecule has 0 spiro atoms. The first-order chi connectivity index (χ1) is 5.09. The monoisotopic (exact) mass is 154 g/mol. The standard InChI is InChI=1S/C8H14N2O/c1-6-3-7(2)5-10(4-6)8(9)11/h3,6H,4-5H2,1-2H3,(H2,9,11). The van der Waals surface area contributed by atoms with E-state index in [2.05, 4.69) is 13.0 Å². The summed E-state index contributed by atoms with van der Waals surface area (Å²) in [7, 11) is 0. The van der Waals surface area contributed by atoms with Crippen LogP contribution in [0.25, 0.3) is 0 Å². The fourth-order valence-electron chi connectivity index (χ4n) is 1.47. The van der Waals surface area contributed by atoms with Gasteiger partial charge < -0.3 is 10.6 Å². The fraction of sp³-hybridized carbons (Fsp3) is 0.625. The van der Waals surface area contributed by atoms with E-state index in [-0.39, 0.29) is 6.03 Å². The SMILES string of the molecule is CC1=CC(C)CN(C(N)=O)C1. The molecule has 62 valence electrons. The molecule has 0 aromatic rings. The molecular formula is C8H14N2O. The second-order valence-corrected chi connectivity index (χ2v) is 3.21. The van der Waals surface area contributed by atoms with Crippen LogP contribution in [0.3, 0.4) is 0 Å². The largest absolute Gasteiger partial charge is 0.351 e. The highest BCUT2D eigenvalue weighted by Crippen LogP contribution is 2.13. The molecule has 0 aromatic carbocycles. The van der Waals surface area contributed by atoms with Crippen LogP contribution in [0.15, 0.2) is 11.6 Å². The molecule has 1 unspecified atom stereocenters. The van der Waals surface area contributed by atoms with Crippen LogP contribution in [0.5, 0.6) is 0 Å². The van der Waals surface area contributed by atoms with E-state index in [1.54, 1.807) is 4.90 Å². The number of nitrogens with two attached hydrogens (primary N) is 1. The Morgan fingerprint density at radius 3 is 2.91 bits per heavy atom. The van der Waals surface area contributed by atoms with Crippen LogP contribution in [0.1, 0.15) is 13.8 Å². The third-order valence-electron chi connectivity index (χ3n) is 1.83. The number of carbonyl (C=O) groups is 1. The smallest absolute Gasteiger partial charge is 0.315 e. The molecule has 3 heteroatoms. The molecule has 2 N–H and O–H groups in total. The van der Waals surface area contributed by atoms with E-state index in [9.17, 15) is 4.79 Å². The number of amides is 2. The van der Waals surface area contributed by atoms with E-state index < -0.39 is 0 Å². The summed E-state index contributed by atoms with van der Waals surface area (Å²) in [5.41, 5.74) is 6.38. The Morgan fingerprint density at radius 1 is 1.82 bits per heavy atom. The van der Waals surface area contributed by atoms with Gasteiger partial charge >= 0.3 is 6.03 Å². The number of primary amides is 1. The Balaban J connectivity index is 2.64. The van der Waals surface area contributed by atoms with Gasteiger partial charge in [0.25, 0.3) is 0 Å². The molecule has 0 aliphatic carbocycles. The Morgan fingerprint density at radius 2 is 2.45 bits per heavy atom. The van der Waals surface area contributed by atoms with Crippen molar-refractivity contribution in [2.75, 3.05) is 13.1 Å². The molecule has 11 heavy (non-hydrogen) atoms. The number of urea groups is 1. The summed E-state index contributed by atoms with van der Waals surface area (Å²) >= 11 is 0. The first kappa shape index (κ1) is 8.11. The number of hydrogen-bond donors (Lipinski definition) is 1. The highest BCUT2D eigenvalue weighted by molar-refractivity contribution is 5.72. The van der Waals surface area contributed by atoms with Crippen LogP contribution >= 0.6 is 0 Å². The molecular weight excluding hydrogens is 140 g/mol. The average Bonchev–Trinajstić information content (AvgIpc) is 1.85. The van der Waals surface area contributed by atoms with E-state index in [1.807, 2.05) is 6.92 Å². The zero-order valence-corrected chi connectivity index (χ0v) is 7.00. The van der Waals surface area contributed by atoms with E-state index in [4.69, 9.17) is 5.73 Å². The maximum Gasteiger partial charge on any atom is 0.315 e. The highest BCUT2D eigenvalue weighted by atomic mass is 16.2. The van der Waals surface area contributed by atoms with Gasteiger partial charge in [0.1, 0.15) is 0 Å². The molecule has 0 bridgehead atoms. The van der Waals surface area contributed by atoms with Crippen molar-refractivity contribution in [1.29, 1.82) is 0 Å². The molecule has 3 nitrogen and oxygen atoms in total. The Hall–Kier alpha value is -0.990. The zero-order chi connectivity index (χ0) is 8.43. The first-order valence-corrected chi connectivity index (χ1v) is 3.81. The summed E-state index contributed by atoms with van der Waals surface area (Å²) < 4.78 is 0. The number of hydrogen-bond acceptors (Lipinski definition) is 1. The molecule has 2 amide bonds. The molecule has 0 fully saturated rings. The van der Waals surface area contributed by atoms with Gasteiger partial charge in [0, 0.05) is 13.1 Å². The lowest BCUT2D eigenvalue weighted by atomic mass is 10.0. The summed E-state index contributed by atoms with van der Waals surface area (Å²) in [5, 5.41) is 0. The zero-order valence-electron chi connectivity index (χ0n) is 7.00. The van der Waals surface area contributed by atoms with Gasteiger partial charge in [0.15, 0.2) is 0 Å². The van der Waals surface area contributed by atoms with Crippen molar-refractivity contribution in [1.82, 2.24) is 4.90 Å². The summed E-state index contributed by atoms with van der Waals surface area (Å²) in [6.45, 7) is 5.55. The minimum Gasteiger partial charge on any atom is -0.351 e. The lowest BCUT2D eigenvalue weighted by Gasteiger charge is -2.27. The molecule has 0 aromatic heterocycles. The normalized spacial score (nSPS) is 24.7. The summed E-state index contributed by atoms with van der Waals surface area (Å²) in [5.74, 6) is 0.441. The van der Waals surface area contributed by atoms with Gasteiger partial charge in [-0.1, -0.05) is 18.6 Å². The van der Waals surface area contributed by atoms with E-state index in [0.717, 1.165) is 6.54 Å².